The second-order valence-electron chi connectivity index (χ2n) is 6.34. The van der Waals surface area contributed by atoms with Crippen LogP contribution in [0.15, 0.2) is 36.9 Å². The van der Waals surface area contributed by atoms with Crippen LogP contribution in [0.4, 0.5) is 0 Å². The Balaban J connectivity index is 1.56. The summed E-state index contributed by atoms with van der Waals surface area (Å²) >= 11 is 0. The Morgan fingerprint density at radius 2 is 2.17 bits per heavy atom. The summed E-state index contributed by atoms with van der Waals surface area (Å²) in [6, 6.07) is 3.91. The van der Waals surface area contributed by atoms with E-state index in [-0.39, 0.29) is 5.91 Å². The molecule has 3 rings (SSSR count). The first kappa shape index (κ1) is 16.2. The fraction of sp³-hybridized carbons (Fsp3) is 0.389. The van der Waals surface area contributed by atoms with Gasteiger partial charge in [-0.1, -0.05) is 19.9 Å². The smallest absolute Gasteiger partial charge is 0.255 e. The maximum Gasteiger partial charge on any atom is 0.255 e. The van der Waals surface area contributed by atoms with Crippen molar-refractivity contribution in [1.29, 1.82) is 0 Å². The van der Waals surface area contributed by atoms with Gasteiger partial charge in [0.1, 0.15) is 5.82 Å². The number of carbonyl (C=O) groups excluding carboxylic acids is 1. The average molecular weight is 325 g/mol. The van der Waals surface area contributed by atoms with Gasteiger partial charge in [0, 0.05) is 37.6 Å². The van der Waals surface area contributed by atoms with E-state index in [1.165, 1.54) is 0 Å². The lowest BCUT2D eigenvalue weighted by molar-refractivity contribution is 0.0954. The van der Waals surface area contributed by atoms with Gasteiger partial charge in [-0.05, 0) is 25.0 Å². The van der Waals surface area contributed by atoms with E-state index < -0.39 is 0 Å². The summed E-state index contributed by atoms with van der Waals surface area (Å²) in [4.78, 5) is 16.7. The van der Waals surface area contributed by atoms with Crippen molar-refractivity contribution in [3.8, 4) is 0 Å². The zero-order valence-corrected chi connectivity index (χ0v) is 14.4. The average Bonchev–Trinajstić information content (AvgIpc) is 3.17. The van der Waals surface area contributed by atoms with Crippen LogP contribution in [0.2, 0.25) is 0 Å². The Hall–Kier alpha value is -2.63. The van der Waals surface area contributed by atoms with Crippen molar-refractivity contribution in [2.75, 3.05) is 6.54 Å². The lowest BCUT2D eigenvalue weighted by atomic mass is 10.2. The number of nitrogens with one attached hydrogen (secondary N) is 1. The molecule has 126 valence electrons. The van der Waals surface area contributed by atoms with Gasteiger partial charge in [0.05, 0.1) is 17.3 Å². The van der Waals surface area contributed by atoms with E-state index in [0.717, 1.165) is 29.9 Å². The molecule has 0 aromatic carbocycles. The molecule has 6 nitrogen and oxygen atoms in total. The topological polar surface area (TPSA) is 64.2 Å². The number of fused-ring (bicyclic) bond motifs is 1. The van der Waals surface area contributed by atoms with Crippen molar-refractivity contribution in [2.45, 2.75) is 39.7 Å². The van der Waals surface area contributed by atoms with E-state index in [9.17, 15) is 4.79 Å². The number of aryl methyl sites for hydroxylation is 2. The molecule has 0 bridgehead atoms. The molecule has 0 saturated carbocycles. The number of rotatable bonds is 6. The van der Waals surface area contributed by atoms with Crippen molar-refractivity contribution in [3.05, 3.63) is 53.9 Å². The Morgan fingerprint density at radius 3 is 2.96 bits per heavy atom. The van der Waals surface area contributed by atoms with Crippen LogP contribution < -0.4 is 5.32 Å². The molecule has 0 aliphatic rings. The van der Waals surface area contributed by atoms with Crippen molar-refractivity contribution in [3.63, 3.8) is 0 Å². The third-order valence-electron chi connectivity index (χ3n) is 4.03. The zero-order chi connectivity index (χ0) is 17.1. The minimum atomic E-state index is -0.0800. The molecule has 0 aliphatic carbocycles. The van der Waals surface area contributed by atoms with Crippen LogP contribution >= 0.6 is 0 Å². The molecule has 24 heavy (non-hydrogen) atoms. The number of imidazole rings is 1. The van der Waals surface area contributed by atoms with Gasteiger partial charge in [-0.3, -0.25) is 4.79 Å². The van der Waals surface area contributed by atoms with Crippen LogP contribution in [0.1, 0.15) is 47.9 Å². The maximum atomic E-state index is 12.4. The highest BCUT2D eigenvalue weighted by molar-refractivity contribution is 6.00. The summed E-state index contributed by atoms with van der Waals surface area (Å²) in [6.45, 7) is 7.74. The van der Waals surface area contributed by atoms with Crippen LogP contribution in [0.25, 0.3) is 5.52 Å². The van der Waals surface area contributed by atoms with Crippen LogP contribution in [-0.2, 0) is 6.54 Å². The minimum absolute atomic E-state index is 0.0800. The predicted molar refractivity (Wildman–Crippen MR) is 93.2 cm³/mol. The summed E-state index contributed by atoms with van der Waals surface area (Å²) in [5, 5.41) is 7.22. The van der Waals surface area contributed by atoms with Crippen LogP contribution in [0.5, 0.6) is 0 Å². The Bertz CT molecular complexity index is 846. The standard InChI is InChI=1S/C18H23N5O/c1-13(2)17-19-8-10-22(17)9-4-7-20-18(24)15-11-21-23-12-14(3)5-6-16(15)23/h5-6,8,10-13H,4,7,9H2,1-3H3,(H,20,24). The number of hydrogen-bond donors (Lipinski definition) is 1. The van der Waals surface area contributed by atoms with E-state index in [0.29, 0.717) is 18.0 Å². The minimum Gasteiger partial charge on any atom is -0.352 e. The lowest BCUT2D eigenvalue weighted by Gasteiger charge is -2.10. The first-order valence-corrected chi connectivity index (χ1v) is 8.29. The lowest BCUT2D eigenvalue weighted by Crippen LogP contribution is -2.25. The first-order valence-electron chi connectivity index (χ1n) is 8.29. The van der Waals surface area contributed by atoms with Gasteiger partial charge >= 0.3 is 0 Å². The molecule has 1 amide bonds. The first-order chi connectivity index (χ1) is 11.6. The van der Waals surface area contributed by atoms with Gasteiger partial charge in [-0.2, -0.15) is 5.10 Å². The van der Waals surface area contributed by atoms with Gasteiger partial charge in [0.2, 0.25) is 0 Å². The molecule has 6 heteroatoms. The highest BCUT2D eigenvalue weighted by atomic mass is 16.1. The number of carbonyl (C=O) groups is 1. The van der Waals surface area contributed by atoms with E-state index in [1.807, 2.05) is 37.6 Å². The quantitative estimate of drug-likeness (QED) is 0.709. The maximum absolute atomic E-state index is 12.4. The molecule has 1 N–H and O–H groups in total. The van der Waals surface area contributed by atoms with Crippen molar-refractivity contribution >= 4 is 11.4 Å². The third kappa shape index (κ3) is 3.32. The van der Waals surface area contributed by atoms with Gasteiger partial charge in [0.25, 0.3) is 5.91 Å². The van der Waals surface area contributed by atoms with Crippen molar-refractivity contribution in [2.24, 2.45) is 0 Å². The van der Waals surface area contributed by atoms with Gasteiger partial charge in [-0.15, -0.1) is 0 Å². The van der Waals surface area contributed by atoms with E-state index in [2.05, 4.69) is 33.8 Å². The van der Waals surface area contributed by atoms with Gasteiger partial charge in [0.15, 0.2) is 0 Å². The largest absolute Gasteiger partial charge is 0.352 e. The number of nitrogens with zero attached hydrogens (tertiary/aromatic N) is 4. The summed E-state index contributed by atoms with van der Waals surface area (Å²) in [5.41, 5.74) is 2.55. The fourth-order valence-corrected chi connectivity index (χ4v) is 2.82. The summed E-state index contributed by atoms with van der Waals surface area (Å²) in [5.74, 6) is 1.40. The van der Waals surface area contributed by atoms with E-state index in [1.54, 1.807) is 10.7 Å². The molecular weight excluding hydrogens is 302 g/mol. The molecular formula is C18H23N5O. The summed E-state index contributed by atoms with van der Waals surface area (Å²) in [6.07, 6.45) is 8.22. The monoisotopic (exact) mass is 325 g/mol. The Kier molecular flexibility index (Phi) is 4.64. The number of hydrogen-bond acceptors (Lipinski definition) is 3. The number of pyridine rings is 1. The fourth-order valence-electron chi connectivity index (χ4n) is 2.82. The molecule has 0 fully saturated rings. The van der Waals surface area contributed by atoms with Crippen LogP contribution in [-0.4, -0.2) is 31.6 Å². The second-order valence-corrected chi connectivity index (χ2v) is 6.34. The highest BCUT2D eigenvalue weighted by Crippen LogP contribution is 2.13. The van der Waals surface area contributed by atoms with Crippen molar-refractivity contribution < 1.29 is 4.79 Å². The second kappa shape index (κ2) is 6.86. The van der Waals surface area contributed by atoms with E-state index >= 15 is 0 Å². The normalized spacial score (nSPS) is 11.3. The third-order valence-corrected chi connectivity index (χ3v) is 4.03. The molecule has 0 atom stereocenters. The number of amides is 1. The molecule has 0 spiro atoms. The summed E-state index contributed by atoms with van der Waals surface area (Å²) < 4.78 is 3.89. The van der Waals surface area contributed by atoms with E-state index in [4.69, 9.17) is 0 Å². The zero-order valence-electron chi connectivity index (χ0n) is 14.4. The predicted octanol–water partition coefficient (Wildman–Crippen LogP) is 2.78. The number of aromatic nitrogens is 4. The van der Waals surface area contributed by atoms with Crippen LogP contribution in [0.3, 0.4) is 0 Å². The molecule has 0 radical (unpaired) electrons. The Morgan fingerprint density at radius 1 is 1.33 bits per heavy atom. The molecule has 0 unspecified atom stereocenters. The Labute approximate surface area is 141 Å². The van der Waals surface area contributed by atoms with Crippen molar-refractivity contribution in [1.82, 2.24) is 24.5 Å². The van der Waals surface area contributed by atoms with Gasteiger partial charge < -0.3 is 9.88 Å². The summed E-state index contributed by atoms with van der Waals surface area (Å²) in [7, 11) is 0. The SMILES string of the molecule is Cc1ccc2c(C(=O)NCCCn3ccnc3C(C)C)cnn2c1. The highest BCUT2D eigenvalue weighted by Gasteiger charge is 2.12. The van der Waals surface area contributed by atoms with Crippen LogP contribution in [0, 0.1) is 6.92 Å². The molecule has 3 heterocycles. The molecule has 0 aliphatic heterocycles. The molecule has 3 aromatic rings. The molecule has 3 aromatic heterocycles. The van der Waals surface area contributed by atoms with Gasteiger partial charge in [-0.25, -0.2) is 9.50 Å². The molecule has 0 saturated heterocycles.